The van der Waals surface area contributed by atoms with Crippen LogP contribution in [0.3, 0.4) is 0 Å². The molecule has 0 heterocycles. The number of carbonyl (C=O) groups is 1. The van der Waals surface area contributed by atoms with Crippen molar-refractivity contribution >= 4 is 5.97 Å². The summed E-state index contributed by atoms with van der Waals surface area (Å²) in [5.41, 5.74) is 6.56. The van der Waals surface area contributed by atoms with Crippen LogP contribution >= 0.6 is 0 Å². The molecular weight excluding hydrogens is 206 g/mol. The summed E-state index contributed by atoms with van der Waals surface area (Å²) in [5.74, 6) is 0.0113. The van der Waals surface area contributed by atoms with E-state index in [1.54, 1.807) is 0 Å². The van der Waals surface area contributed by atoms with Crippen molar-refractivity contribution in [1.82, 2.24) is 0 Å². The monoisotopic (exact) mass is 223 g/mol. The van der Waals surface area contributed by atoms with Crippen LogP contribution < -0.4 is 10.5 Å². The molecule has 1 aromatic carbocycles. The van der Waals surface area contributed by atoms with Crippen LogP contribution in [-0.4, -0.2) is 24.2 Å². The first-order valence-corrected chi connectivity index (χ1v) is 5.36. The van der Waals surface area contributed by atoms with Gasteiger partial charge < -0.3 is 15.6 Å². The fraction of sp³-hybridized carbons (Fsp3) is 0.417. The summed E-state index contributed by atoms with van der Waals surface area (Å²) in [7, 11) is 0. The molecule has 0 saturated heterocycles. The Kier molecular flexibility index (Phi) is 5.36. The van der Waals surface area contributed by atoms with Crippen molar-refractivity contribution in [3.05, 3.63) is 29.8 Å². The number of benzene rings is 1. The molecule has 0 aliphatic carbocycles. The predicted molar refractivity (Wildman–Crippen MR) is 61.6 cm³/mol. The van der Waals surface area contributed by atoms with Crippen LogP contribution in [0, 0.1) is 0 Å². The number of carboxylic acids is 1. The number of para-hydroxylation sites is 1. The highest BCUT2D eigenvalue weighted by Gasteiger charge is 2.02. The summed E-state index contributed by atoms with van der Waals surface area (Å²) in [5, 5.41) is 8.48. The van der Waals surface area contributed by atoms with Crippen molar-refractivity contribution in [2.24, 2.45) is 5.73 Å². The first kappa shape index (κ1) is 12.5. The molecule has 0 aromatic heterocycles. The molecule has 16 heavy (non-hydrogen) atoms. The van der Waals surface area contributed by atoms with E-state index in [-0.39, 0.29) is 6.42 Å². The molecule has 0 aliphatic rings. The molecule has 4 nitrogen and oxygen atoms in total. The Morgan fingerprint density at radius 3 is 2.81 bits per heavy atom. The Balaban J connectivity index is 2.43. The first-order chi connectivity index (χ1) is 7.74. The molecule has 0 amide bonds. The molecule has 3 N–H and O–H groups in total. The van der Waals surface area contributed by atoms with Gasteiger partial charge in [0, 0.05) is 6.42 Å². The van der Waals surface area contributed by atoms with Crippen LogP contribution in [0.5, 0.6) is 5.75 Å². The SMILES string of the molecule is NCCc1ccccc1OCCCC(=O)O. The Morgan fingerprint density at radius 2 is 2.12 bits per heavy atom. The molecule has 0 atom stereocenters. The normalized spacial score (nSPS) is 10.1. The van der Waals surface area contributed by atoms with Gasteiger partial charge in [-0.3, -0.25) is 4.79 Å². The van der Waals surface area contributed by atoms with E-state index in [0.29, 0.717) is 19.6 Å². The lowest BCUT2D eigenvalue weighted by Crippen LogP contribution is -2.07. The number of aliphatic carboxylic acids is 1. The Hall–Kier alpha value is -1.55. The zero-order valence-corrected chi connectivity index (χ0v) is 9.19. The van der Waals surface area contributed by atoms with Gasteiger partial charge in [-0.15, -0.1) is 0 Å². The topological polar surface area (TPSA) is 72.5 Å². The molecule has 4 heteroatoms. The van der Waals surface area contributed by atoms with Crippen LogP contribution in [0.4, 0.5) is 0 Å². The van der Waals surface area contributed by atoms with Gasteiger partial charge in [0.1, 0.15) is 5.75 Å². The molecule has 1 aromatic rings. The van der Waals surface area contributed by atoms with Crippen molar-refractivity contribution < 1.29 is 14.6 Å². The highest BCUT2D eigenvalue weighted by Crippen LogP contribution is 2.18. The van der Waals surface area contributed by atoms with Crippen molar-refractivity contribution in [2.75, 3.05) is 13.2 Å². The van der Waals surface area contributed by atoms with E-state index in [1.165, 1.54) is 0 Å². The van der Waals surface area contributed by atoms with Crippen LogP contribution in [0.15, 0.2) is 24.3 Å². The van der Waals surface area contributed by atoms with E-state index in [1.807, 2.05) is 24.3 Å². The summed E-state index contributed by atoms with van der Waals surface area (Å²) in [6.07, 6.45) is 1.43. The molecule has 0 fully saturated rings. The molecular formula is C12H17NO3. The quantitative estimate of drug-likeness (QED) is 0.686. The summed E-state index contributed by atoms with van der Waals surface area (Å²) < 4.78 is 5.52. The molecule has 0 unspecified atom stereocenters. The van der Waals surface area contributed by atoms with Crippen LogP contribution in [0.1, 0.15) is 18.4 Å². The zero-order chi connectivity index (χ0) is 11.8. The molecule has 0 aliphatic heterocycles. The highest BCUT2D eigenvalue weighted by molar-refractivity contribution is 5.66. The lowest BCUT2D eigenvalue weighted by Gasteiger charge is -2.10. The fourth-order valence-electron chi connectivity index (χ4n) is 1.41. The van der Waals surface area contributed by atoms with Gasteiger partial charge in [0.25, 0.3) is 0 Å². The average Bonchev–Trinajstić information content (AvgIpc) is 2.26. The van der Waals surface area contributed by atoms with Gasteiger partial charge in [-0.25, -0.2) is 0 Å². The maximum Gasteiger partial charge on any atom is 0.303 e. The number of hydrogen-bond donors (Lipinski definition) is 2. The largest absolute Gasteiger partial charge is 0.493 e. The molecule has 0 saturated carbocycles. The summed E-state index contributed by atoms with van der Waals surface area (Å²) in [4.78, 5) is 10.3. The highest BCUT2D eigenvalue weighted by atomic mass is 16.5. The minimum Gasteiger partial charge on any atom is -0.493 e. The molecule has 0 radical (unpaired) electrons. The van der Waals surface area contributed by atoms with E-state index >= 15 is 0 Å². The maximum absolute atomic E-state index is 10.3. The third-order valence-corrected chi connectivity index (χ3v) is 2.18. The van der Waals surface area contributed by atoms with E-state index in [0.717, 1.165) is 17.7 Å². The Morgan fingerprint density at radius 1 is 1.38 bits per heavy atom. The van der Waals surface area contributed by atoms with E-state index in [2.05, 4.69) is 0 Å². The molecule has 1 rings (SSSR count). The van der Waals surface area contributed by atoms with Crippen LogP contribution in [-0.2, 0) is 11.2 Å². The van der Waals surface area contributed by atoms with Gasteiger partial charge >= 0.3 is 5.97 Å². The second-order valence-corrected chi connectivity index (χ2v) is 3.49. The van der Waals surface area contributed by atoms with Gasteiger partial charge in [-0.05, 0) is 31.0 Å². The minimum atomic E-state index is -0.793. The molecule has 0 bridgehead atoms. The zero-order valence-electron chi connectivity index (χ0n) is 9.19. The van der Waals surface area contributed by atoms with Gasteiger partial charge in [0.05, 0.1) is 6.61 Å². The molecule has 0 spiro atoms. The summed E-state index contributed by atoms with van der Waals surface area (Å²) in [6, 6.07) is 7.69. The average molecular weight is 223 g/mol. The van der Waals surface area contributed by atoms with Gasteiger partial charge in [0.2, 0.25) is 0 Å². The smallest absolute Gasteiger partial charge is 0.303 e. The van der Waals surface area contributed by atoms with Crippen molar-refractivity contribution in [3.63, 3.8) is 0 Å². The third-order valence-electron chi connectivity index (χ3n) is 2.18. The van der Waals surface area contributed by atoms with E-state index in [4.69, 9.17) is 15.6 Å². The summed E-state index contributed by atoms with van der Waals surface area (Å²) >= 11 is 0. The maximum atomic E-state index is 10.3. The standard InChI is InChI=1S/C12H17NO3/c13-8-7-10-4-1-2-5-11(10)16-9-3-6-12(14)15/h1-2,4-5H,3,6-9,13H2,(H,14,15). The predicted octanol–water partition coefficient (Wildman–Crippen LogP) is 1.43. The van der Waals surface area contributed by atoms with Gasteiger partial charge in [-0.2, -0.15) is 0 Å². The van der Waals surface area contributed by atoms with Crippen molar-refractivity contribution in [2.45, 2.75) is 19.3 Å². The minimum absolute atomic E-state index is 0.138. The van der Waals surface area contributed by atoms with E-state index in [9.17, 15) is 4.79 Å². The number of nitrogens with two attached hydrogens (primary N) is 1. The van der Waals surface area contributed by atoms with Crippen molar-refractivity contribution in [3.8, 4) is 5.75 Å². The number of hydrogen-bond acceptors (Lipinski definition) is 3. The first-order valence-electron chi connectivity index (χ1n) is 5.36. The fourth-order valence-corrected chi connectivity index (χ4v) is 1.41. The van der Waals surface area contributed by atoms with E-state index < -0.39 is 5.97 Å². The summed E-state index contributed by atoms with van der Waals surface area (Å²) in [6.45, 7) is 1.00. The Labute approximate surface area is 95.0 Å². The third kappa shape index (κ3) is 4.31. The second kappa shape index (κ2) is 6.85. The Bertz CT molecular complexity index is 339. The number of carboxylic acid groups (broad SMARTS) is 1. The van der Waals surface area contributed by atoms with Gasteiger partial charge in [0.15, 0.2) is 0 Å². The second-order valence-electron chi connectivity index (χ2n) is 3.49. The van der Waals surface area contributed by atoms with Crippen LogP contribution in [0.25, 0.3) is 0 Å². The number of ether oxygens (including phenoxy) is 1. The van der Waals surface area contributed by atoms with Gasteiger partial charge in [-0.1, -0.05) is 18.2 Å². The van der Waals surface area contributed by atoms with Crippen LogP contribution in [0.2, 0.25) is 0 Å². The molecule has 88 valence electrons. The lowest BCUT2D eigenvalue weighted by atomic mass is 10.1. The van der Waals surface area contributed by atoms with Crippen molar-refractivity contribution in [1.29, 1.82) is 0 Å². The lowest BCUT2D eigenvalue weighted by molar-refractivity contribution is -0.137. The number of rotatable bonds is 7.